The lowest BCUT2D eigenvalue weighted by Gasteiger charge is -2.11. The van der Waals surface area contributed by atoms with Crippen LogP contribution in [0.3, 0.4) is 0 Å². The van der Waals surface area contributed by atoms with Crippen LogP contribution in [0.15, 0.2) is 46.8 Å². The summed E-state index contributed by atoms with van der Waals surface area (Å²) >= 11 is 7.66. The third-order valence-corrected chi connectivity index (χ3v) is 4.30. The van der Waals surface area contributed by atoms with Crippen LogP contribution in [-0.2, 0) is 0 Å². The zero-order valence-corrected chi connectivity index (χ0v) is 11.9. The van der Waals surface area contributed by atoms with Gasteiger partial charge in [0.05, 0.1) is 10.0 Å². The van der Waals surface area contributed by atoms with E-state index in [1.807, 2.05) is 12.3 Å². The molecule has 1 aliphatic heterocycles. The van der Waals surface area contributed by atoms with Crippen LogP contribution < -0.4 is 11.1 Å². The average Bonchev–Trinajstić information content (AvgIpc) is 2.70. The Bertz CT molecular complexity index is 623. The second kappa shape index (κ2) is 5.33. The Balaban J connectivity index is 2.10. The largest absolute Gasteiger partial charge is 0.348 e. The molecule has 0 fully saturated rings. The molecule has 0 radical (unpaired) electrons. The summed E-state index contributed by atoms with van der Waals surface area (Å²) in [4.78, 5) is 4.61. The van der Waals surface area contributed by atoms with Gasteiger partial charge in [-0.25, -0.2) is 0 Å². The van der Waals surface area contributed by atoms with E-state index in [4.69, 9.17) is 17.3 Å². The van der Waals surface area contributed by atoms with E-state index in [-0.39, 0.29) is 0 Å². The zero-order valence-electron chi connectivity index (χ0n) is 10.3. The molecule has 2 aliphatic rings. The van der Waals surface area contributed by atoms with Gasteiger partial charge in [0, 0.05) is 24.0 Å². The minimum absolute atomic E-state index is 0.435. The highest BCUT2D eigenvalue weighted by molar-refractivity contribution is 7.20. The van der Waals surface area contributed by atoms with Gasteiger partial charge in [-0.1, -0.05) is 29.8 Å². The van der Waals surface area contributed by atoms with E-state index in [0.717, 1.165) is 39.2 Å². The van der Waals surface area contributed by atoms with Gasteiger partial charge in [0.1, 0.15) is 5.00 Å². The molecule has 98 valence electrons. The molecule has 0 aromatic carbocycles. The van der Waals surface area contributed by atoms with Crippen molar-refractivity contribution in [2.24, 2.45) is 10.7 Å². The Hall–Kier alpha value is -1.36. The van der Waals surface area contributed by atoms with Crippen LogP contribution in [0.4, 0.5) is 5.00 Å². The fourth-order valence-electron chi connectivity index (χ4n) is 2.18. The highest BCUT2D eigenvalue weighted by Crippen LogP contribution is 2.36. The molecule has 1 aromatic rings. The van der Waals surface area contributed by atoms with E-state index >= 15 is 0 Å². The van der Waals surface area contributed by atoms with Gasteiger partial charge in [0.2, 0.25) is 0 Å². The maximum atomic E-state index is 6.14. The molecule has 0 amide bonds. The van der Waals surface area contributed by atoms with Crippen molar-refractivity contribution in [3.05, 3.63) is 51.7 Å². The first kappa shape index (κ1) is 12.7. The molecule has 0 spiro atoms. The van der Waals surface area contributed by atoms with Crippen LogP contribution in [0.1, 0.15) is 18.4 Å². The zero-order chi connectivity index (χ0) is 13.2. The van der Waals surface area contributed by atoms with Crippen molar-refractivity contribution in [3.8, 4) is 0 Å². The van der Waals surface area contributed by atoms with E-state index in [9.17, 15) is 0 Å². The number of nitrogens with one attached hydrogen (secondary N) is 1. The number of nitrogens with zero attached hydrogens (tertiary/aromatic N) is 1. The first-order chi connectivity index (χ1) is 9.28. The number of allylic oxidation sites excluding steroid dienone is 4. The van der Waals surface area contributed by atoms with E-state index in [0.29, 0.717) is 6.54 Å². The predicted octanol–water partition coefficient (Wildman–Crippen LogP) is 3.69. The molecule has 1 aromatic heterocycles. The fraction of sp³-hybridized carbons (Fsp3) is 0.214. The third kappa shape index (κ3) is 2.52. The summed E-state index contributed by atoms with van der Waals surface area (Å²) in [6.45, 7) is 0.435. The Morgan fingerprint density at radius 2 is 2.37 bits per heavy atom. The topological polar surface area (TPSA) is 50.4 Å². The molecular weight excluding hydrogens is 278 g/mol. The monoisotopic (exact) mass is 291 g/mol. The molecule has 1 aliphatic carbocycles. The normalized spacial score (nSPS) is 17.9. The Kier molecular flexibility index (Phi) is 3.55. The van der Waals surface area contributed by atoms with E-state index in [1.54, 1.807) is 0 Å². The molecule has 3 nitrogen and oxygen atoms in total. The fourth-order valence-corrected chi connectivity index (χ4v) is 3.34. The summed E-state index contributed by atoms with van der Waals surface area (Å²) in [5, 5.41) is 4.33. The number of aliphatic imine (C=N–C) groups is 1. The lowest BCUT2D eigenvalue weighted by atomic mass is 9.96. The van der Waals surface area contributed by atoms with Gasteiger partial charge in [-0.2, -0.15) is 0 Å². The van der Waals surface area contributed by atoms with Crippen molar-refractivity contribution in [1.29, 1.82) is 0 Å². The van der Waals surface area contributed by atoms with Crippen molar-refractivity contribution < 1.29 is 0 Å². The Morgan fingerprint density at radius 1 is 1.47 bits per heavy atom. The predicted molar refractivity (Wildman–Crippen MR) is 83.1 cm³/mol. The number of hydrogen-bond donors (Lipinski definition) is 2. The summed E-state index contributed by atoms with van der Waals surface area (Å²) in [6, 6.07) is 1.97. The number of hydrogen-bond acceptors (Lipinski definition) is 4. The molecule has 0 unspecified atom stereocenters. The van der Waals surface area contributed by atoms with Gasteiger partial charge in [0.15, 0.2) is 0 Å². The quantitative estimate of drug-likeness (QED) is 0.873. The number of halogens is 1. The van der Waals surface area contributed by atoms with Gasteiger partial charge in [-0.15, -0.1) is 11.3 Å². The van der Waals surface area contributed by atoms with Crippen LogP contribution in [0.5, 0.6) is 0 Å². The highest BCUT2D eigenvalue weighted by Gasteiger charge is 2.20. The molecule has 0 saturated carbocycles. The maximum Gasteiger partial charge on any atom is 0.104 e. The first-order valence-electron chi connectivity index (χ1n) is 6.17. The van der Waals surface area contributed by atoms with E-state index in [2.05, 4.69) is 28.5 Å². The van der Waals surface area contributed by atoms with Gasteiger partial charge in [0.25, 0.3) is 0 Å². The van der Waals surface area contributed by atoms with Crippen molar-refractivity contribution in [3.63, 3.8) is 0 Å². The smallest absolute Gasteiger partial charge is 0.104 e. The number of thiophene rings is 1. The van der Waals surface area contributed by atoms with Gasteiger partial charge >= 0.3 is 0 Å². The second-order valence-corrected chi connectivity index (χ2v) is 6.10. The summed E-state index contributed by atoms with van der Waals surface area (Å²) in [5.41, 5.74) is 9.92. The summed E-state index contributed by atoms with van der Waals surface area (Å²) in [5.74, 6) is 0. The van der Waals surface area contributed by atoms with Gasteiger partial charge in [-0.3, -0.25) is 4.99 Å². The van der Waals surface area contributed by atoms with Crippen LogP contribution >= 0.6 is 22.9 Å². The minimum Gasteiger partial charge on any atom is -0.348 e. The number of anilines is 1. The number of nitrogens with two attached hydrogens (primary N) is 1. The molecule has 3 rings (SSSR count). The number of rotatable bonds is 2. The van der Waals surface area contributed by atoms with Crippen molar-refractivity contribution >= 4 is 33.7 Å². The van der Waals surface area contributed by atoms with Crippen LogP contribution in [0, 0.1) is 0 Å². The number of fused-ring (bicyclic) bond motifs is 1. The first-order valence-corrected chi connectivity index (χ1v) is 7.37. The van der Waals surface area contributed by atoms with Gasteiger partial charge < -0.3 is 11.1 Å². The molecule has 0 bridgehead atoms. The van der Waals surface area contributed by atoms with Gasteiger partial charge in [-0.05, 0) is 24.5 Å². The maximum absolute atomic E-state index is 6.14. The molecule has 2 heterocycles. The van der Waals surface area contributed by atoms with E-state index < -0.39 is 0 Å². The second-order valence-electron chi connectivity index (χ2n) is 4.41. The van der Waals surface area contributed by atoms with Crippen molar-refractivity contribution in [2.45, 2.75) is 12.8 Å². The van der Waals surface area contributed by atoms with Crippen molar-refractivity contribution in [2.75, 3.05) is 11.9 Å². The van der Waals surface area contributed by atoms with Crippen molar-refractivity contribution in [1.82, 2.24) is 0 Å². The highest BCUT2D eigenvalue weighted by atomic mass is 35.5. The van der Waals surface area contributed by atoms with Crippen LogP contribution in [0.2, 0.25) is 4.34 Å². The molecule has 5 heteroatoms. The minimum atomic E-state index is 0.435. The lowest BCUT2D eigenvalue weighted by Crippen LogP contribution is -2.10. The Labute approximate surface area is 121 Å². The standard InChI is InChI=1S/C14H14ClN3S/c15-12-6-11-13(9-4-2-1-3-5-9)17-8-10(7-16)18-14(11)19-12/h1-2,4,6,8,18H,3,5,7,16H2. The van der Waals surface area contributed by atoms with Crippen LogP contribution in [-0.4, -0.2) is 12.3 Å². The summed E-state index contributed by atoms with van der Waals surface area (Å²) < 4.78 is 0.760. The summed E-state index contributed by atoms with van der Waals surface area (Å²) in [6.07, 6.45) is 10.3. The third-order valence-electron chi connectivity index (χ3n) is 3.12. The summed E-state index contributed by atoms with van der Waals surface area (Å²) in [7, 11) is 0. The Morgan fingerprint density at radius 3 is 3.11 bits per heavy atom. The van der Waals surface area contributed by atoms with E-state index in [1.165, 1.54) is 16.9 Å². The average molecular weight is 292 g/mol. The molecular formula is C14H14ClN3S. The molecule has 0 saturated heterocycles. The molecule has 19 heavy (non-hydrogen) atoms. The molecule has 3 N–H and O–H groups in total. The molecule has 0 atom stereocenters. The SMILES string of the molecule is NCC1=CN=C(C2=CC=CCC2)c2cc(Cl)sc2N1. The van der Waals surface area contributed by atoms with Crippen LogP contribution in [0.25, 0.3) is 0 Å². The lowest BCUT2D eigenvalue weighted by molar-refractivity contribution is 1.00.